The van der Waals surface area contributed by atoms with Gasteiger partial charge in [-0.1, -0.05) is 32.4 Å². The summed E-state index contributed by atoms with van der Waals surface area (Å²) < 4.78 is 24.9. The normalized spacial score (nSPS) is 15.6. The zero-order valence-corrected chi connectivity index (χ0v) is 22.3. The first-order chi connectivity index (χ1) is 17.9. The lowest BCUT2D eigenvalue weighted by Gasteiger charge is -2.37. The molecule has 3 aromatic rings. The molecule has 2 unspecified atom stereocenters. The molecule has 0 saturated heterocycles. The van der Waals surface area contributed by atoms with Gasteiger partial charge in [0.1, 0.15) is 30.5 Å². The Morgan fingerprint density at radius 1 is 1.16 bits per heavy atom. The second kappa shape index (κ2) is 12.2. The number of amides is 2. The van der Waals surface area contributed by atoms with Crippen LogP contribution < -0.4 is 9.47 Å². The van der Waals surface area contributed by atoms with Crippen LogP contribution in [0.2, 0.25) is 0 Å². The zero-order valence-electron chi connectivity index (χ0n) is 21.5. The Morgan fingerprint density at radius 3 is 2.70 bits per heavy atom. The number of hydrogen-bond acceptors (Lipinski definition) is 5. The predicted octanol–water partition coefficient (Wildman–Crippen LogP) is 5.59. The third-order valence-electron chi connectivity index (χ3n) is 6.78. The second-order valence-corrected chi connectivity index (χ2v) is 10.4. The van der Waals surface area contributed by atoms with Crippen LogP contribution in [0.1, 0.15) is 47.1 Å². The third-order valence-corrected chi connectivity index (χ3v) is 7.77. The highest BCUT2D eigenvalue weighted by Gasteiger charge is 2.34. The number of halogens is 1. The molecule has 2 atom stereocenters. The first-order valence-corrected chi connectivity index (χ1v) is 13.4. The molecule has 0 saturated carbocycles. The quantitative estimate of drug-likeness (QED) is 0.347. The Hall–Kier alpha value is -3.39. The highest BCUT2D eigenvalue weighted by molar-refractivity contribution is 7.10. The van der Waals surface area contributed by atoms with Gasteiger partial charge < -0.3 is 19.3 Å². The van der Waals surface area contributed by atoms with E-state index in [9.17, 15) is 14.0 Å². The van der Waals surface area contributed by atoms with Crippen molar-refractivity contribution in [1.82, 2.24) is 9.80 Å². The van der Waals surface area contributed by atoms with Crippen LogP contribution >= 0.6 is 11.3 Å². The molecular formula is C29H33FN2O4S. The molecule has 1 aliphatic heterocycles. The summed E-state index contributed by atoms with van der Waals surface area (Å²) in [5.41, 5.74) is 1.54. The molecule has 1 aliphatic rings. The molecule has 0 fully saturated rings. The number of methoxy groups -OCH3 is 1. The van der Waals surface area contributed by atoms with Gasteiger partial charge in [-0.15, -0.1) is 11.3 Å². The van der Waals surface area contributed by atoms with Crippen molar-refractivity contribution in [3.63, 3.8) is 0 Å². The summed E-state index contributed by atoms with van der Waals surface area (Å²) >= 11 is 1.67. The monoisotopic (exact) mass is 524 g/mol. The van der Waals surface area contributed by atoms with Gasteiger partial charge in [0.2, 0.25) is 5.91 Å². The van der Waals surface area contributed by atoms with Crippen molar-refractivity contribution in [2.24, 2.45) is 5.92 Å². The van der Waals surface area contributed by atoms with Crippen LogP contribution in [0.15, 0.2) is 60.0 Å². The minimum absolute atomic E-state index is 0.0314. The zero-order chi connectivity index (χ0) is 26.4. The average molecular weight is 525 g/mol. The summed E-state index contributed by atoms with van der Waals surface area (Å²) in [5, 5.41) is 2.02. The highest BCUT2D eigenvalue weighted by Crippen LogP contribution is 2.34. The van der Waals surface area contributed by atoms with E-state index in [-0.39, 0.29) is 42.7 Å². The summed E-state index contributed by atoms with van der Waals surface area (Å²) in [6, 6.07) is 14.7. The van der Waals surface area contributed by atoms with Crippen molar-refractivity contribution in [3.8, 4) is 11.5 Å². The van der Waals surface area contributed by atoms with Crippen molar-refractivity contribution in [3.05, 3.63) is 81.8 Å². The number of thiophene rings is 1. The second-order valence-electron chi connectivity index (χ2n) is 9.35. The van der Waals surface area contributed by atoms with Gasteiger partial charge in [-0.3, -0.25) is 9.59 Å². The Balaban J connectivity index is 1.55. The maximum atomic E-state index is 13.7. The minimum atomic E-state index is -0.373. The average Bonchev–Trinajstić information content (AvgIpc) is 3.40. The number of carbonyl (C=O) groups excluding carboxylic acids is 2. The Bertz CT molecular complexity index is 1230. The molecule has 196 valence electrons. The number of ether oxygens (including phenoxy) is 2. The number of hydrogen-bond donors (Lipinski definition) is 0. The Morgan fingerprint density at radius 2 is 1.95 bits per heavy atom. The lowest BCUT2D eigenvalue weighted by atomic mass is 10.00. The highest BCUT2D eigenvalue weighted by atomic mass is 32.1. The van der Waals surface area contributed by atoms with Crippen molar-refractivity contribution in [2.45, 2.75) is 32.7 Å². The fraction of sp³-hybridized carbons (Fsp3) is 0.379. The molecule has 1 aromatic heterocycles. The maximum Gasteiger partial charge on any atom is 0.254 e. The fourth-order valence-electron chi connectivity index (χ4n) is 4.52. The molecule has 0 bridgehead atoms. The van der Waals surface area contributed by atoms with E-state index < -0.39 is 0 Å². The van der Waals surface area contributed by atoms with Crippen molar-refractivity contribution < 1.29 is 23.5 Å². The van der Waals surface area contributed by atoms with Gasteiger partial charge in [0, 0.05) is 29.6 Å². The lowest BCUT2D eigenvalue weighted by molar-refractivity contribution is -0.135. The number of rotatable bonds is 10. The van der Waals surface area contributed by atoms with Crippen molar-refractivity contribution >= 4 is 23.2 Å². The number of fused-ring (bicyclic) bond motifs is 1. The smallest absolute Gasteiger partial charge is 0.254 e. The molecule has 0 aliphatic carbocycles. The topological polar surface area (TPSA) is 59.1 Å². The lowest BCUT2D eigenvalue weighted by Crippen LogP contribution is -2.48. The van der Waals surface area contributed by atoms with E-state index in [1.165, 1.54) is 17.0 Å². The number of benzene rings is 2. The fourth-order valence-corrected chi connectivity index (χ4v) is 5.45. The first kappa shape index (κ1) is 26.7. The van der Waals surface area contributed by atoms with Gasteiger partial charge in [0.15, 0.2) is 0 Å². The SMILES string of the molecule is CCC(C)CN(CC(=O)N1CCc2sccc2C1COc1cccc(F)c1)C(=O)c1cccc(OC)c1. The standard InChI is InChI=1S/C29H33FN2O4S/c1-4-20(2)17-31(29(34)21-7-5-9-23(15-21)35-3)18-28(33)32-13-11-27-25(12-14-37-27)26(32)19-36-24-10-6-8-22(30)16-24/h5-10,12,14-16,20,26H,4,11,13,17-19H2,1-3H3. The van der Waals surface area contributed by atoms with Crippen molar-refractivity contribution in [2.75, 3.05) is 33.4 Å². The minimum Gasteiger partial charge on any atom is -0.497 e. The summed E-state index contributed by atoms with van der Waals surface area (Å²) in [6.07, 6.45) is 1.65. The van der Waals surface area contributed by atoms with E-state index in [4.69, 9.17) is 9.47 Å². The van der Waals surface area contributed by atoms with E-state index in [1.807, 2.05) is 11.4 Å². The van der Waals surface area contributed by atoms with Crippen LogP contribution in [0.4, 0.5) is 4.39 Å². The molecule has 8 heteroatoms. The third kappa shape index (κ3) is 6.49. The molecule has 0 radical (unpaired) electrons. The molecule has 2 aromatic carbocycles. The van der Waals surface area contributed by atoms with Gasteiger partial charge in [-0.05, 0) is 59.7 Å². The maximum absolute atomic E-state index is 13.7. The van der Waals surface area contributed by atoms with Gasteiger partial charge in [-0.2, -0.15) is 0 Å². The van der Waals surface area contributed by atoms with Crippen molar-refractivity contribution in [1.29, 1.82) is 0 Å². The molecule has 2 amide bonds. The van der Waals surface area contributed by atoms with Crippen LogP contribution in [-0.2, 0) is 11.2 Å². The van der Waals surface area contributed by atoms with E-state index in [2.05, 4.69) is 13.8 Å². The number of carbonyl (C=O) groups is 2. The van der Waals surface area contributed by atoms with Gasteiger partial charge in [-0.25, -0.2) is 4.39 Å². The molecule has 37 heavy (non-hydrogen) atoms. The molecule has 0 N–H and O–H groups in total. The summed E-state index contributed by atoms with van der Waals surface area (Å²) in [7, 11) is 1.56. The Kier molecular flexibility index (Phi) is 8.82. The summed E-state index contributed by atoms with van der Waals surface area (Å²) in [6.45, 7) is 5.33. The molecule has 4 rings (SSSR count). The van der Waals surface area contributed by atoms with Crippen LogP contribution in [0, 0.1) is 11.7 Å². The molecule has 0 spiro atoms. The summed E-state index contributed by atoms with van der Waals surface area (Å²) in [4.78, 5) is 31.9. The number of nitrogens with zero attached hydrogens (tertiary/aromatic N) is 2. The van der Waals surface area contributed by atoms with Gasteiger partial charge in [0.25, 0.3) is 5.91 Å². The van der Waals surface area contributed by atoms with E-state index in [0.29, 0.717) is 30.2 Å². The van der Waals surface area contributed by atoms with E-state index >= 15 is 0 Å². The Labute approximate surface area is 221 Å². The predicted molar refractivity (Wildman–Crippen MR) is 143 cm³/mol. The first-order valence-electron chi connectivity index (χ1n) is 12.6. The van der Waals surface area contributed by atoms with Crippen LogP contribution in [-0.4, -0.2) is 55.0 Å². The van der Waals surface area contributed by atoms with Crippen LogP contribution in [0.5, 0.6) is 11.5 Å². The molecule has 6 nitrogen and oxygen atoms in total. The van der Waals surface area contributed by atoms with E-state index in [1.54, 1.807) is 64.6 Å². The van der Waals surface area contributed by atoms with Gasteiger partial charge >= 0.3 is 0 Å². The molecular weight excluding hydrogens is 491 g/mol. The van der Waals surface area contributed by atoms with Crippen LogP contribution in [0.3, 0.4) is 0 Å². The van der Waals surface area contributed by atoms with E-state index in [0.717, 1.165) is 18.4 Å². The van der Waals surface area contributed by atoms with Gasteiger partial charge in [0.05, 0.1) is 13.2 Å². The largest absolute Gasteiger partial charge is 0.497 e. The van der Waals surface area contributed by atoms with Crippen LogP contribution in [0.25, 0.3) is 0 Å². The molecule has 2 heterocycles. The summed E-state index contributed by atoms with van der Waals surface area (Å²) in [5.74, 6) is 0.538.